The lowest BCUT2D eigenvalue weighted by molar-refractivity contribution is 0.139. The molecule has 1 aliphatic heterocycles. The molecule has 22 heavy (non-hydrogen) atoms. The van der Waals surface area contributed by atoms with E-state index in [0.29, 0.717) is 5.41 Å². The van der Waals surface area contributed by atoms with Gasteiger partial charge >= 0.3 is 0 Å². The molecule has 1 saturated heterocycles. The minimum atomic E-state index is 0.608. The Morgan fingerprint density at radius 3 is 2.91 bits per heavy atom. The minimum absolute atomic E-state index is 0.608. The van der Waals surface area contributed by atoms with E-state index in [1.807, 2.05) is 17.5 Å². The maximum absolute atomic E-state index is 4.42. The van der Waals surface area contributed by atoms with Crippen molar-refractivity contribution in [2.45, 2.75) is 38.4 Å². The minimum Gasteiger partial charge on any atom is -0.299 e. The molecule has 1 saturated carbocycles. The maximum atomic E-state index is 4.42. The number of hydrogen-bond acceptors (Lipinski definition) is 5. The van der Waals surface area contributed by atoms with Gasteiger partial charge in [0.05, 0.1) is 6.54 Å². The molecule has 0 unspecified atom stereocenters. The topological polar surface area (TPSA) is 19.4 Å². The summed E-state index contributed by atoms with van der Waals surface area (Å²) in [4.78, 5) is 9.59. The quantitative estimate of drug-likeness (QED) is 0.832. The molecule has 118 valence electrons. The summed E-state index contributed by atoms with van der Waals surface area (Å²) < 4.78 is 0. The van der Waals surface area contributed by atoms with Crippen LogP contribution in [0.4, 0.5) is 0 Å². The summed E-state index contributed by atoms with van der Waals surface area (Å²) in [5.74, 6) is 0. The molecule has 1 atom stereocenters. The van der Waals surface area contributed by atoms with E-state index >= 15 is 0 Å². The zero-order chi connectivity index (χ0) is 15.0. The van der Waals surface area contributed by atoms with Crippen LogP contribution in [0.2, 0.25) is 0 Å². The third-order valence-electron chi connectivity index (χ3n) is 5.38. The molecule has 5 heteroatoms. The Labute approximate surface area is 140 Å². The largest absolute Gasteiger partial charge is 0.299 e. The number of thiazole rings is 1. The molecule has 0 amide bonds. The first kappa shape index (κ1) is 14.8. The number of hydrogen-bond donors (Lipinski definition) is 0. The van der Waals surface area contributed by atoms with Crippen LogP contribution in [0, 0.1) is 5.41 Å². The molecular weight excluding hydrogens is 310 g/mol. The molecule has 2 aromatic heterocycles. The van der Waals surface area contributed by atoms with Crippen LogP contribution in [-0.2, 0) is 13.1 Å². The fourth-order valence-electron chi connectivity index (χ4n) is 3.94. The van der Waals surface area contributed by atoms with Gasteiger partial charge in [0.1, 0.15) is 5.01 Å². The van der Waals surface area contributed by atoms with Crippen molar-refractivity contribution in [3.05, 3.63) is 39.0 Å². The van der Waals surface area contributed by atoms with Crippen LogP contribution in [-0.4, -0.2) is 41.0 Å². The van der Waals surface area contributed by atoms with E-state index in [0.717, 1.165) is 19.1 Å². The van der Waals surface area contributed by atoms with Crippen molar-refractivity contribution in [2.24, 2.45) is 5.41 Å². The van der Waals surface area contributed by atoms with Crippen LogP contribution in [0.1, 0.15) is 29.8 Å². The third kappa shape index (κ3) is 3.00. The summed E-state index contributed by atoms with van der Waals surface area (Å²) in [5, 5.41) is 7.80. The van der Waals surface area contributed by atoms with Crippen LogP contribution in [0.3, 0.4) is 0 Å². The first-order valence-corrected chi connectivity index (χ1v) is 9.89. The van der Waals surface area contributed by atoms with Crippen LogP contribution in [0.25, 0.3) is 0 Å². The highest BCUT2D eigenvalue weighted by Gasteiger charge is 2.56. The Morgan fingerprint density at radius 1 is 1.36 bits per heavy atom. The number of likely N-dealkylation sites (tertiary alicyclic amines) is 1. The van der Waals surface area contributed by atoms with Crippen molar-refractivity contribution in [3.8, 4) is 0 Å². The van der Waals surface area contributed by atoms with Gasteiger partial charge in [0.15, 0.2) is 0 Å². The highest BCUT2D eigenvalue weighted by atomic mass is 32.1. The fourth-order valence-corrected chi connectivity index (χ4v) is 5.28. The van der Waals surface area contributed by atoms with Crippen molar-refractivity contribution < 1.29 is 0 Å². The first-order chi connectivity index (χ1) is 10.8. The fraction of sp³-hybridized carbons (Fsp3) is 0.588. The smallest absolute Gasteiger partial charge is 0.107 e. The normalized spacial score (nSPS) is 24.2. The van der Waals surface area contributed by atoms with Crippen molar-refractivity contribution in [3.63, 3.8) is 0 Å². The second kappa shape index (κ2) is 6.04. The molecular formula is C17H23N3S2. The van der Waals surface area contributed by atoms with E-state index in [1.54, 1.807) is 11.3 Å². The Balaban J connectivity index is 1.29. The van der Waals surface area contributed by atoms with Gasteiger partial charge in [-0.05, 0) is 67.2 Å². The number of thiophene rings is 1. The molecule has 0 N–H and O–H groups in total. The van der Waals surface area contributed by atoms with E-state index in [9.17, 15) is 0 Å². The summed E-state index contributed by atoms with van der Waals surface area (Å²) in [7, 11) is 2.28. The van der Waals surface area contributed by atoms with Crippen LogP contribution < -0.4 is 0 Å². The molecule has 2 aromatic rings. The van der Waals surface area contributed by atoms with Crippen molar-refractivity contribution in [2.75, 3.05) is 20.1 Å². The Morgan fingerprint density at radius 2 is 2.23 bits per heavy atom. The SMILES string of the molecule is CN(Cc1nccs1)[C@@H]1CC12CCN(Cc1ccsc1)CC2. The van der Waals surface area contributed by atoms with E-state index < -0.39 is 0 Å². The summed E-state index contributed by atoms with van der Waals surface area (Å²) in [6, 6.07) is 3.04. The van der Waals surface area contributed by atoms with Crippen LogP contribution >= 0.6 is 22.7 Å². The van der Waals surface area contributed by atoms with Crippen molar-refractivity contribution in [1.29, 1.82) is 0 Å². The summed E-state index contributed by atoms with van der Waals surface area (Å²) in [6.07, 6.45) is 6.04. The number of rotatable bonds is 5. The highest BCUT2D eigenvalue weighted by molar-refractivity contribution is 7.09. The number of aromatic nitrogens is 1. The monoisotopic (exact) mass is 333 g/mol. The summed E-state index contributed by atoms with van der Waals surface area (Å²) in [6.45, 7) is 4.68. The zero-order valence-corrected chi connectivity index (χ0v) is 14.7. The van der Waals surface area contributed by atoms with Gasteiger partial charge < -0.3 is 0 Å². The predicted octanol–water partition coefficient (Wildman–Crippen LogP) is 3.69. The average Bonchev–Trinajstić information content (AvgIpc) is 2.92. The van der Waals surface area contributed by atoms with Crippen LogP contribution in [0.15, 0.2) is 28.4 Å². The Bertz CT molecular complexity index is 585. The van der Waals surface area contributed by atoms with E-state index in [2.05, 4.69) is 44.0 Å². The van der Waals surface area contributed by atoms with Gasteiger partial charge in [-0.3, -0.25) is 9.80 Å². The van der Waals surface area contributed by atoms with Gasteiger partial charge in [-0.25, -0.2) is 4.98 Å². The summed E-state index contributed by atoms with van der Waals surface area (Å²) in [5.41, 5.74) is 2.09. The molecule has 0 bridgehead atoms. The standard InChI is InChI=1S/C17H23N3S2/c1-19(12-16-18-5-9-22-16)15-10-17(15)3-6-20(7-4-17)11-14-2-8-21-13-14/h2,5,8-9,13,15H,3-4,6-7,10-12H2,1H3/t15-/m1/s1. The molecule has 0 radical (unpaired) electrons. The van der Waals surface area contributed by atoms with Gasteiger partial charge in [0, 0.05) is 24.2 Å². The Kier molecular flexibility index (Phi) is 4.07. The second-order valence-electron chi connectivity index (χ2n) is 6.83. The maximum Gasteiger partial charge on any atom is 0.107 e. The lowest BCUT2D eigenvalue weighted by atomic mass is 9.92. The highest BCUT2D eigenvalue weighted by Crippen LogP contribution is 2.56. The van der Waals surface area contributed by atoms with Crippen molar-refractivity contribution >= 4 is 22.7 Å². The molecule has 3 heterocycles. The molecule has 2 fully saturated rings. The molecule has 1 aliphatic carbocycles. The zero-order valence-electron chi connectivity index (χ0n) is 13.1. The van der Waals surface area contributed by atoms with E-state index in [4.69, 9.17) is 0 Å². The number of piperidine rings is 1. The van der Waals surface area contributed by atoms with Gasteiger partial charge in [-0.1, -0.05) is 0 Å². The molecule has 2 aliphatic rings. The molecule has 1 spiro atoms. The van der Waals surface area contributed by atoms with Gasteiger partial charge in [0.2, 0.25) is 0 Å². The predicted molar refractivity (Wildman–Crippen MR) is 93.2 cm³/mol. The first-order valence-electron chi connectivity index (χ1n) is 8.07. The third-order valence-corrected chi connectivity index (χ3v) is 6.88. The van der Waals surface area contributed by atoms with Crippen LogP contribution in [0.5, 0.6) is 0 Å². The van der Waals surface area contributed by atoms with E-state index in [-0.39, 0.29) is 0 Å². The average molecular weight is 334 g/mol. The number of nitrogens with zero attached hydrogens (tertiary/aromatic N) is 3. The second-order valence-corrected chi connectivity index (χ2v) is 8.59. The van der Waals surface area contributed by atoms with Gasteiger partial charge in [-0.2, -0.15) is 11.3 Å². The van der Waals surface area contributed by atoms with Gasteiger partial charge in [-0.15, -0.1) is 11.3 Å². The lowest BCUT2D eigenvalue weighted by Gasteiger charge is -2.34. The van der Waals surface area contributed by atoms with Gasteiger partial charge in [0.25, 0.3) is 0 Å². The van der Waals surface area contributed by atoms with E-state index in [1.165, 1.54) is 42.9 Å². The lowest BCUT2D eigenvalue weighted by Crippen LogP contribution is -2.37. The molecule has 3 nitrogen and oxygen atoms in total. The summed E-state index contributed by atoms with van der Waals surface area (Å²) >= 11 is 3.58. The Hall–Kier alpha value is -0.750. The molecule has 4 rings (SSSR count). The van der Waals surface area contributed by atoms with Crippen molar-refractivity contribution in [1.82, 2.24) is 14.8 Å². The molecule has 0 aromatic carbocycles.